The van der Waals surface area contributed by atoms with Gasteiger partial charge < -0.3 is 9.67 Å². The van der Waals surface area contributed by atoms with Crippen molar-refractivity contribution < 1.29 is 24.3 Å². The second-order valence-corrected chi connectivity index (χ2v) is 7.33. The molecule has 4 amide bonds. The molecular weight excluding hydrogens is 410 g/mol. The Morgan fingerprint density at radius 2 is 1.69 bits per heavy atom. The molecule has 0 aliphatic carbocycles. The lowest BCUT2D eigenvalue weighted by Crippen LogP contribution is -2.54. The number of benzene rings is 2. The number of carbonyl (C=O) groups excluding carboxylic acids is 3. The van der Waals surface area contributed by atoms with Gasteiger partial charge in [0.1, 0.15) is 5.57 Å². The maximum atomic E-state index is 13.2. The molecule has 1 saturated heterocycles. The monoisotopic (exact) mass is 429 g/mol. The number of carbonyl (C=O) groups is 4. The summed E-state index contributed by atoms with van der Waals surface area (Å²) >= 11 is 0. The summed E-state index contributed by atoms with van der Waals surface area (Å²) in [7, 11) is 0. The highest BCUT2D eigenvalue weighted by molar-refractivity contribution is 6.39. The first-order valence-corrected chi connectivity index (χ1v) is 9.76. The van der Waals surface area contributed by atoms with Crippen LogP contribution in [0.3, 0.4) is 0 Å². The maximum Gasteiger partial charge on any atom is 0.335 e. The fourth-order valence-corrected chi connectivity index (χ4v) is 3.51. The molecule has 0 bridgehead atoms. The van der Waals surface area contributed by atoms with Gasteiger partial charge in [-0.2, -0.15) is 0 Å². The number of barbiturate groups is 1. The van der Waals surface area contributed by atoms with Gasteiger partial charge in [0.2, 0.25) is 0 Å². The number of hydrogen-bond donors (Lipinski definition) is 2. The van der Waals surface area contributed by atoms with E-state index in [4.69, 9.17) is 5.11 Å². The van der Waals surface area contributed by atoms with E-state index in [1.807, 2.05) is 13.0 Å². The van der Waals surface area contributed by atoms with Crippen LogP contribution in [0.1, 0.15) is 27.2 Å². The highest BCUT2D eigenvalue weighted by Crippen LogP contribution is 2.27. The third-order valence-corrected chi connectivity index (χ3v) is 5.38. The third-order valence-electron chi connectivity index (χ3n) is 5.38. The number of urea groups is 1. The van der Waals surface area contributed by atoms with E-state index in [0.29, 0.717) is 17.1 Å². The molecule has 160 valence electrons. The lowest BCUT2D eigenvalue weighted by molar-refractivity contribution is -0.122. The second kappa shape index (κ2) is 7.99. The fraction of sp³-hybridized carbons (Fsp3) is 0.0833. The standard InChI is InChI=1S/C24H19N3O5/c1-14-5-3-7-20(15(14)2)27-22(29)19(21(28)25-24(27)32)13-18-6-4-12-26(18)17-10-8-16(9-11-17)23(30)31/h3-13H,1-2H3,(H,30,31)(H,25,28,32). The number of aromatic nitrogens is 1. The molecule has 1 aliphatic heterocycles. The summed E-state index contributed by atoms with van der Waals surface area (Å²) < 4.78 is 1.71. The normalized spacial score (nSPS) is 15.2. The first-order chi connectivity index (χ1) is 15.3. The second-order valence-electron chi connectivity index (χ2n) is 7.33. The topological polar surface area (TPSA) is 109 Å². The zero-order valence-corrected chi connectivity index (χ0v) is 17.3. The predicted octanol–water partition coefficient (Wildman–Crippen LogP) is 3.46. The summed E-state index contributed by atoms with van der Waals surface area (Å²) in [5.74, 6) is -2.54. The predicted molar refractivity (Wildman–Crippen MR) is 118 cm³/mol. The Hall–Kier alpha value is -4.46. The molecule has 8 nitrogen and oxygen atoms in total. The molecule has 0 unspecified atom stereocenters. The Morgan fingerprint density at radius 3 is 2.38 bits per heavy atom. The number of carboxylic acids is 1. The number of nitrogens with zero attached hydrogens (tertiary/aromatic N) is 2. The Bertz CT molecular complexity index is 1300. The van der Waals surface area contributed by atoms with Gasteiger partial charge in [-0.05, 0) is 73.5 Å². The molecule has 0 radical (unpaired) electrons. The van der Waals surface area contributed by atoms with Crippen LogP contribution in [-0.2, 0) is 9.59 Å². The lowest BCUT2D eigenvalue weighted by atomic mass is 10.0. The Balaban J connectivity index is 1.74. The van der Waals surface area contributed by atoms with Gasteiger partial charge in [0.05, 0.1) is 11.3 Å². The van der Waals surface area contributed by atoms with E-state index in [9.17, 15) is 19.2 Å². The Morgan fingerprint density at radius 1 is 0.969 bits per heavy atom. The van der Waals surface area contributed by atoms with Crippen LogP contribution in [0.2, 0.25) is 0 Å². The van der Waals surface area contributed by atoms with Crippen LogP contribution in [0.15, 0.2) is 66.4 Å². The molecule has 1 aromatic heterocycles. The Kier molecular flexibility index (Phi) is 5.19. The van der Waals surface area contributed by atoms with Crippen molar-refractivity contribution in [1.29, 1.82) is 0 Å². The average molecular weight is 429 g/mol. The van der Waals surface area contributed by atoms with Gasteiger partial charge in [0.25, 0.3) is 11.8 Å². The van der Waals surface area contributed by atoms with Crippen molar-refractivity contribution in [3.63, 3.8) is 0 Å². The molecule has 1 aliphatic rings. The smallest absolute Gasteiger partial charge is 0.335 e. The van der Waals surface area contributed by atoms with E-state index in [2.05, 4.69) is 5.32 Å². The van der Waals surface area contributed by atoms with Crippen molar-refractivity contribution in [3.05, 3.63) is 88.8 Å². The molecule has 8 heteroatoms. The fourth-order valence-electron chi connectivity index (χ4n) is 3.51. The summed E-state index contributed by atoms with van der Waals surface area (Å²) in [6.45, 7) is 3.67. The number of rotatable bonds is 4. The minimum Gasteiger partial charge on any atom is -0.478 e. The van der Waals surface area contributed by atoms with Crippen LogP contribution < -0.4 is 10.2 Å². The number of hydrogen-bond acceptors (Lipinski definition) is 4. The summed E-state index contributed by atoms with van der Waals surface area (Å²) in [5, 5.41) is 11.3. The van der Waals surface area contributed by atoms with Crippen molar-refractivity contribution in [2.75, 3.05) is 4.90 Å². The van der Waals surface area contributed by atoms with Crippen LogP contribution in [0.4, 0.5) is 10.5 Å². The van der Waals surface area contributed by atoms with Crippen LogP contribution in [-0.4, -0.2) is 33.5 Å². The van der Waals surface area contributed by atoms with E-state index in [-0.39, 0.29) is 11.1 Å². The van der Waals surface area contributed by atoms with Crippen molar-refractivity contribution in [2.45, 2.75) is 13.8 Å². The largest absolute Gasteiger partial charge is 0.478 e. The van der Waals surface area contributed by atoms with E-state index in [1.165, 1.54) is 18.2 Å². The average Bonchev–Trinajstić information content (AvgIpc) is 3.22. The highest BCUT2D eigenvalue weighted by Gasteiger charge is 2.37. The molecular formula is C24H19N3O5. The molecule has 0 saturated carbocycles. The molecule has 32 heavy (non-hydrogen) atoms. The number of nitrogens with one attached hydrogen (secondary N) is 1. The van der Waals surface area contributed by atoms with Gasteiger partial charge in [0, 0.05) is 17.6 Å². The van der Waals surface area contributed by atoms with Gasteiger partial charge >= 0.3 is 12.0 Å². The highest BCUT2D eigenvalue weighted by atomic mass is 16.4. The lowest BCUT2D eigenvalue weighted by Gasteiger charge is -2.28. The first-order valence-electron chi connectivity index (χ1n) is 9.76. The molecule has 2 aromatic carbocycles. The summed E-state index contributed by atoms with van der Waals surface area (Å²) in [6, 6.07) is 14.1. The number of aromatic carboxylic acids is 1. The number of imide groups is 2. The molecule has 2 heterocycles. The van der Waals surface area contributed by atoms with Gasteiger partial charge in [0.15, 0.2) is 0 Å². The molecule has 2 N–H and O–H groups in total. The van der Waals surface area contributed by atoms with E-state index >= 15 is 0 Å². The Labute approximate surface area is 183 Å². The van der Waals surface area contributed by atoms with Crippen LogP contribution in [0, 0.1) is 13.8 Å². The van der Waals surface area contributed by atoms with Crippen LogP contribution in [0.5, 0.6) is 0 Å². The molecule has 1 fully saturated rings. The van der Waals surface area contributed by atoms with Crippen LogP contribution in [0.25, 0.3) is 11.8 Å². The van der Waals surface area contributed by atoms with E-state index < -0.39 is 23.8 Å². The number of carboxylic acid groups (broad SMARTS) is 1. The van der Waals surface area contributed by atoms with Crippen molar-refractivity contribution in [1.82, 2.24) is 9.88 Å². The van der Waals surface area contributed by atoms with Crippen molar-refractivity contribution in [2.24, 2.45) is 0 Å². The molecule has 3 aromatic rings. The quantitative estimate of drug-likeness (QED) is 0.488. The summed E-state index contributed by atoms with van der Waals surface area (Å²) in [6.07, 6.45) is 3.13. The maximum absolute atomic E-state index is 13.2. The van der Waals surface area contributed by atoms with Crippen molar-refractivity contribution in [3.8, 4) is 5.69 Å². The van der Waals surface area contributed by atoms with Gasteiger partial charge in [-0.15, -0.1) is 0 Å². The SMILES string of the molecule is Cc1cccc(N2C(=O)NC(=O)C(=Cc3cccn3-c3ccc(C(=O)O)cc3)C2=O)c1C. The first kappa shape index (κ1) is 20.8. The minimum absolute atomic E-state index is 0.144. The van der Waals surface area contributed by atoms with E-state index in [0.717, 1.165) is 16.0 Å². The van der Waals surface area contributed by atoms with E-state index in [1.54, 1.807) is 54.1 Å². The molecule has 0 spiro atoms. The number of amides is 4. The van der Waals surface area contributed by atoms with Gasteiger partial charge in [-0.1, -0.05) is 12.1 Å². The summed E-state index contributed by atoms with van der Waals surface area (Å²) in [5.41, 5.74) is 3.19. The summed E-state index contributed by atoms with van der Waals surface area (Å²) in [4.78, 5) is 50.3. The number of anilines is 1. The van der Waals surface area contributed by atoms with Crippen molar-refractivity contribution >= 4 is 35.6 Å². The molecule has 4 rings (SSSR count). The third kappa shape index (κ3) is 3.58. The van der Waals surface area contributed by atoms with Gasteiger partial charge in [-0.25, -0.2) is 14.5 Å². The zero-order valence-electron chi connectivity index (χ0n) is 17.3. The molecule has 0 atom stereocenters. The minimum atomic E-state index is -1.04. The number of aryl methyl sites for hydroxylation is 1. The van der Waals surface area contributed by atoms with Gasteiger partial charge in [-0.3, -0.25) is 14.9 Å². The zero-order chi connectivity index (χ0) is 23.0. The van der Waals surface area contributed by atoms with Crippen LogP contribution >= 0.6 is 0 Å².